The number of thioether (sulfide) groups is 1. The van der Waals surface area contributed by atoms with Crippen LogP contribution in [0.15, 0.2) is 18.3 Å². The summed E-state index contributed by atoms with van der Waals surface area (Å²) in [6.07, 6.45) is 3.67. The highest BCUT2D eigenvalue weighted by atomic mass is 32.2. The van der Waals surface area contributed by atoms with Crippen molar-refractivity contribution in [3.63, 3.8) is 0 Å². The van der Waals surface area contributed by atoms with Crippen molar-refractivity contribution < 1.29 is 4.79 Å². The number of aromatic nitrogens is 1. The molecule has 1 rings (SSSR count). The number of nitrogens with zero attached hydrogens (tertiary/aromatic N) is 1. The van der Waals surface area contributed by atoms with Crippen molar-refractivity contribution in [2.24, 2.45) is 0 Å². The molecule has 0 aliphatic heterocycles. The number of carbonyl (C=O) groups is 1. The molecule has 1 unspecified atom stereocenters. The summed E-state index contributed by atoms with van der Waals surface area (Å²) in [6.45, 7) is 4.79. The van der Waals surface area contributed by atoms with Gasteiger partial charge in [-0.25, -0.2) is 4.98 Å². The summed E-state index contributed by atoms with van der Waals surface area (Å²) in [5, 5.41) is 6.04. The molecule has 1 aromatic rings. The predicted octanol–water partition coefficient (Wildman–Crippen LogP) is 1.99. The van der Waals surface area contributed by atoms with E-state index in [1.54, 1.807) is 30.1 Å². The van der Waals surface area contributed by atoms with Crippen LogP contribution in [0.25, 0.3) is 0 Å². The van der Waals surface area contributed by atoms with E-state index < -0.39 is 0 Å². The van der Waals surface area contributed by atoms with Gasteiger partial charge in [0.2, 0.25) is 0 Å². The summed E-state index contributed by atoms with van der Waals surface area (Å²) < 4.78 is 0. The van der Waals surface area contributed by atoms with Crippen molar-refractivity contribution in [1.82, 2.24) is 10.3 Å². The molecule has 0 aliphatic carbocycles. The minimum Gasteiger partial charge on any atom is -0.370 e. The van der Waals surface area contributed by atoms with Crippen LogP contribution in [0.5, 0.6) is 0 Å². The molecule has 0 radical (unpaired) electrons. The van der Waals surface area contributed by atoms with Gasteiger partial charge in [-0.15, -0.1) is 0 Å². The van der Waals surface area contributed by atoms with Gasteiger partial charge >= 0.3 is 0 Å². The van der Waals surface area contributed by atoms with Crippen LogP contribution >= 0.6 is 11.8 Å². The first kappa shape index (κ1) is 13.8. The van der Waals surface area contributed by atoms with Crippen molar-refractivity contribution in [3.8, 4) is 0 Å². The number of rotatable bonds is 6. The number of amides is 1. The third-order valence-electron chi connectivity index (χ3n) is 2.17. The van der Waals surface area contributed by atoms with Crippen LogP contribution < -0.4 is 10.6 Å². The van der Waals surface area contributed by atoms with Crippen molar-refractivity contribution >= 4 is 23.5 Å². The standard InChI is InChI=1S/C12H19N3OS/c1-4-13-11-7-10(5-6-14-11)12(16)15-9(2)8-17-3/h5-7,9H,4,8H2,1-3H3,(H,13,14)(H,15,16). The topological polar surface area (TPSA) is 54.0 Å². The fourth-order valence-corrected chi connectivity index (χ4v) is 2.03. The molecule has 2 N–H and O–H groups in total. The smallest absolute Gasteiger partial charge is 0.251 e. The Morgan fingerprint density at radius 3 is 3.00 bits per heavy atom. The molecule has 0 saturated heterocycles. The molecule has 5 heteroatoms. The summed E-state index contributed by atoms with van der Waals surface area (Å²) in [4.78, 5) is 16.0. The zero-order valence-corrected chi connectivity index (χ0v) is 11.3. The van der Waals surface area contributed by atoms with Crippen LogP contribution in [0, 0.1) is 0 Å². The molecule has 0 aromatic carbocycles. The molecule has 4 nitrogen and oxygen atoms in total. The predicted molar refractivity (Wildman–Crippen MR) is 73.7 cm³/mol. The Hall–Kier alpha value is -1.23. The average Bonchev–Trinajstić information content (AvgIpc) is 2.30. The summed E-state index contributed by atoms with van der Waals surface area (Å²) in [5.41, 5.74) is 0.643. The van der Waals surface area contributed by atoms with Crippen molar-refractivity contribution in [1.29, 1.82) is 0 Å². The molecule has 0 spiro atoms. The molecular formula is C12H19N3OS. The van der Waals surface area contributed by atoms with Gasteiger partial charge in [-0.3, -0.25) is 4.79 Å². The highest BCUT2D eigenvalue weighted by molar-refractivity contribution is 7.98. The van der Waals surface area contributed by atoms with Gasteiger partial charge < -0.3 is 10.6 Å². The number of hydrogen-bond acceptors (Lipinski definition) is 4. The number of nitrogens with one attached hydrogen (secondary N) is 2. The monoisotopic (exact) mass is 253 g/mol. The zero-order valence-electron chi connectivity index (χ0n) is 10.5. The first-order valence-corrected chi connectivity index (χ1v) is 7.06. The average molecular weight is 253 g/mol. The zero-order chi connectivity index (χ0) is 12.7. The van der Waals surface area contributed by atoms with Crippen LogP contribution in [-0.2, 0) is 0 Å². The molecule has 0 fully saturated rings. The Balaban J connectivity index is 2.65. The Kier molecular flexibility index (Phi) is 5.83. The second-order valence-corrected chi connectivity index (χ2v) is 4.70. The van der Waals surface area contributed by atoms with Crippen molar-refractivity contribution in [2.75, 3.05) is 23.9 Å². The molecule has 0 bridgehead atoms. The molecule has 1 atom stereocenters. The van der Waals surface area contributed by atoms with Gasteiger partial charge in [0.05, 0.1) is 0 Å². The largest absolute Gasteiger partial charge is 0.370 e. The number of carbonyl (C=O) groups excluding carboxylic acids is 1. The maximum Gasteiger partial charge on any atom is 0.251 e. The number of hydrogen-bond donors (Lipinski definition) is 2. The van der Waals surface area contributed by atoms with E-state index in [4.69, 9.17) is 0 Å². The minimum atomic E-state index is -0.0481. The first-order chi connectivity index (χ1) is 8.17. The fraction of sp³-hybridized carbons (Fsp3) is 0.500. The van der Waals surface area contributed by atoms with Gasteiger partial charge in [-0.05, 0) is 32.2 Å². The molecule has 94 valence electrons. The minimum absolute atomic E-state index is 0.0481. The van der Waals surface area contributed by atoms with Gasteiger partial charge in [0.25, 0.3) is 5.91 Å². The van der Waals surface area contributed by atoms with Gasteiger partial charge in [0.15, 0.2) is 0 Å². The fourth-order valence-electron chi connectivity index (χ4n) is 1.45. The lowest BCUT2D eigenvalue weighted by molar-refractivity contribution is 0.0943. The van der Waals surface area contributed by atoms with E-state index in [0.717, 1.165) is 18.1 Å². The van der Waals surface area contributed by atoms with Gasteiger partial charge in [0, 0.05) is 30.1 Å². The van der Waals surface area contributed by atoms with E-state index in [1.807, 2.05) is 20.1 Å². The van der Waals surface area contributed by atoms with E-state index in [2.05, 4.69) is 15.6 Å². The Bertz CT molecular complexity index is 371. The maximum absolute atomic E-state index is 11.9. The first-order valence-electron chi connectivity index (χ1n) is 5.67. The van der Waals surface area contributed by atoms with E-state index in [0.29, 0.717) is 5.56 Å². The molecule has 1 amide bonds. The normalized spacial score (nSPS) is 11.9. The second kappa shape index (κ2) is 7.17. The lowest BCUT2D eigenvalue weighted by Crippen LogP contribution is -2.34. The molecular weight excluding hydrogens is 234 g/mol. The van der Waals surface area contributed by atoms with Crippen LogP contribution in [0.1, 0.15) is 24.2 Å². The van der Waals surface area contributed by atoms with Crippen molar-refractivity contribution in [2.45, 2.75) is 19.9 Å². The Morgan fingerprint density at radius 1 is 1.59 bits per heavy atom. The molecule has 1 heterocycles. The summed E-state index contributed by atoms with van der Waals surface area (Å²) in [5.74, 6) is 1.60. The van der Waals surface area contributed by atoms with E-state index in [1.165, 1.54) is 0 Å². The Morgan fingerprint density at radius 2 is 2.35 bits per heavy atom. The van der Waals surface area contributed by atoms with Crippen LogP contribution in [0.3, 0.4) is 0 Å². The van der Waals surface area contributed by atoms with Crippen LogP contribution in [0.4, 0.5) is 5.82 Å². The van der Waals surface area contributed by atoms with Crippen LogP contribution in [0.2, 0.25) is 0 Å². The third-order valence-corrected chi connectivity index (χ3v) is 3.01. The van der Waals surface area contributed by atoms with Gasteiger partial charge in [-0.1, -0.05) is 0 Å². The number of pyridine rings is 1. The molecule has 1 aromatic heterocycles. The lowest BCUT2D eigenvalue weighted by Gasteiger charge is -2.12. The third kappa shape index (κ3) is 4.65. The summed E-state index contributed by atoms with van der Waals surface area (Å²) >= 11 is 1.72. The Labute approximate surface area is 107 Å². The quantitative estimate of drug-likeness (QED) is 0.814. The highest BCUT2D eigenvalue weighted by Gasteiger charge is 2.09. The molecule has 0 aliphatic rings. The van der Waals surface area contributed by atoms with Gasteiger partial charge in [0.1, 0.15) is 5.82 Å². The highest BCUT2D eigenvalue weighted by Crippen LogP contribution is 2.07. The molecule has 0 saturated carbocycles. The maximum atomic E-state index is 11.9. The van der Waals surface area contributed by atoms with Gasteiger partial charge in [-0.2, -0.15) is 11.8 Å². The van der Waals surface area contributed by atoms with E-state index in [9.17, 15) is 4.79 Å². The lowest BCUT2D eigenvalue weighted by atomic mass is 10.2. The summed E-state index contributed by atoms with van der Waals surface area (Å²) in [7, 11) is 0. The van der Waals surface area contributed by atoms with E-state index >= 15 is 0 Å². The van der Waals surface area contributed by atoms with Crippen LogP contribution in [-0.4, -0.2) is 35.5 Å². The summed E-state index contributed by atoms with van der Waals surface area (Å²) in [6, 6.07) is 3.67. The second-order valence-electron chi connectivity index (χ2n) is 3.79. The van der Waals surface area contributed by atoms with E-state index in [-0.39, 0.29) is 11.9 Å². The molecule has 17 heavy (non-hydrogen) atoms. The number of anilines is 1. The SMILES string of the molecule is CCNc1cc(C(=O)NC(C)CSC)ccn1. The van der Waals surface area contributed by atoms with Crippen molar-refractivity contribution in [3.05, 3.63) is 23.9 Å².